The van der Waals surface area contributed by atoms with E-state index in [9.17, 15) is 8.78 Å². The molecule has 1 N–H and O–H groups in total. The molecule has 1 aromatic carbocycles. The molecule has 4 nitrogen and oxygen atoms in total. The third kappa shape index (κ3) is 3.28. The Hall–Kier alpha value is -1.79. The maximum atomic E-state index is 14.0. The highest BCUT2D eigenvalue weighted by Crippen LogP contribution is 2.34. The van der Waals surface area contributed by atoms with Crippen molar-refractivity contribution in [3.05, 3.63) is 52.6 Å². The molecule has 1 saturated heterocycles. The first-order valence-corrected chi connectivity index (χ1v) is 7.71. The highest BCUT2D eigenvalue weighted by molar-refractivity contribution is 5.20. The average Bonchev–Trinajstić information content (AvgIpc) is 3.07. The summed E-state index contributed by atoms with van der Waals surface area (Å²) in [5.74, 6) is 0.0410. The summed E-state index contributed by atoms with van der Waals surface area (Å²) in [5.41, 5.74) is 2.34. The van der Waals surface area contributed by atoms with E-state index in [4.69, 9.17) is 4.74 Å². The first kappa shape index (κ1) is 16.1. The highest BCUT2D eigenvalue weighted by atomic mass is 19.1. The van der Waals surface area contributed by atoms with Crippen molar-refractivity contribution in [2.45, 2.75) is 39.0 Å². The van der Waals surface area contributed by atoms with E-state index in [1.807, 2.05) is 13.8 Å². The van der Waals surface area contributed by atoms with Crippen LogP contribution in [0.15, 0.2) is 18.2 Å². The summed E-state index contributed by atoms with van der Waals surface area (Å²) in [6, 6.07) is 3.57. The standard InChI is InChI=1S/C17H21F2N3O/c1-10-11(2)21-17(20-10)16-7-14(23-3)9-22(16)8-12-6-13(18)4-5-15(12)19/h4-6,14,16H,7-9H2,1-3H3,(H,20,21)/t14-,16+/m1/s1. The average molecular weight is 321 g/mol. The number of aromatic nitrogens is 2. The van der Waals surface area contributed by atoms with Gasteiger partial charge in [-0.1, -0.05) is 0 Å². The monoisotopic (exact) mass is 321 g/mol. The summed E-state index contributed by atoms with van der Waals surface area (Å²) in [7, 11) is 1.67. The van der Waals surface area contributed by atoms with Crippen LogP contribution in [0.2, 0.25) is 0 Å². The summed E-state index contributed by atoms with van der Waals surface area (Å²) >= 11 is 0. The number of aromatic amines is 1. The molecule has 0 radical (unpaired) electrons. The van der Waals surface area contributed by atoms with E-state index in [0.29, 0.717) is 18.7 Å². The molecule has 1 aromatic heterocycles. The number of nitrogens with one attached hydrogen (secondary N) is 1. The fourth-order valence-electron chi connectivity index (χ4n) is 3.11. The first-order valence-electron chi connectivity index (χ1n) is 7.71. The van der Waals surface area contributed by atoms with Gasteiger partial charge in [-0.15, -0.1) is 0 Å². The topological polar surface area (TPSA) is 41.1 Å². The van der Waals surface area contributed by atoms with Crippen LogP contribution in [-0.2, 0) is 11.3 Å². The normalized spacial score (nSPS) is 22.0. The summed E-state index contributed by atoms with van der Waals surface area (Å²) < 4.78 is 32.8. The van der Waals surface area contributed by atoms with E-state index in [2.05, 4.69) is 14.9 Å². The maximum absolute atomic E-state index is 14.0. The van der Waals surface area contributed by atoms with Gasteiger partial charge in [-0.25, -0.2) is 13.8 Å². The summed E-state index contributed by atoms with van der Waals surface area (Å²) in [6.45, 7) is 4.92. The Morgan fingerprint density at radius 3 is 2.78 bits per heavy atom. The van der Waals surface area contributed by atoms with Crippen LogP contribution in [0.4, 0.5) is 8.78 Å². The number of methoxy groups -OCH3 is 1. The Morgan fingerprint density at radius 1 is 1.35 bits per heavy atom. The molecule has 0 bridgehead atoms. The van der Waals surface area contributed by atoms with Crippen molar-refractivity contribution in [3.8, 4) is 0 Å². The van der Waals surface area contributed by atoms with Gasteiger partial charge in [0.1, 0.15) is 17.5 Å². The van der Waals surface area contributed by atoms with Crippen molar-refractivity contribution in [1.29, 1.82) is 0 Å². The van der Waals surface area contributed by atoms with E-state index in [1.165, 1.54) is 12.1 Å². The second-order valence-electron chi connectivity index (χ2n) is 6.11. The van der Waals surface area contributed by atoms with E-state index in [1.54, 1.807) is 7.11 Å². The van der Waals surface area contributed by atoms with Gasteiger partial charge < -0.3 is 9.72 Å². The van der Waals surface area contributed by atoms with Crippen molar-refractivity contribution < 1.29 is 13.5 Å². The van der Waals surface area contributed by atoms with Gasteiger partial charge in [0.2, 0.25) is 0 Å². The SMILES string of the molecule is CO[C@@H]1C[C@@H](c2nc(C)c(C)[nH]2)N(Cc2cc(F)ccc2F)C1. The minimum atomic E-state index is -0.426. The molecule has 0 spiro atoms. The molecule has 2 heterocycles. The van der Waals surface area contributed by atoms with E-state index < -0.39 is 11.6 Å². The lowest BCUT2D eigenvalue weighted by Crippen LogP contribution is -2.26. The van der Waals surface area contributed by atoms with Gasteiger partial charge in [0, 0.05) is 31.5 Å². The summed E-state index contributed by atoms with van der Waals surface area (Å²) in [4.78, 5) is 9.96. The number of rotatable bonds is 4. The van der Waals surface area contributed by atoms with E-state index in [-0.39, 0.29) is 12.1 Å². The van der Waals surface area contributed by atoms with Crippen molar-refractivity contribution in [3.63, 3.8) is 0 Å². The number of aryl methyl sites for hydroxylation is 2. The number of likely N-dealkylation sites (tertiary alicyclic amines) is 1. The second-order valence-corrected chi connectivity index (χ2v) is 6.11. The molecule has 2 aromatic rings. The number of benzene rings is 1. The van der Waals surface area contributed by atoms with Crippen molar-refractivity contribution in [1.82, 2.24) is 14.9 Å². The van der Waals surface area contributed by atoms with Gasteiger partial charge in [0.05, 0.1) is 17.8 Å². The van der Waals surface area contributed by atoms with Crippen LogP contribution >= 0.6 is 0 Å². The number of H-pyrrole nitrogens is 1. The molecular formula is C17H21F2N3O. The lowest BCUT2D eigenvalue weighted by atomic mass is 10.1. The molecule has 2 atom stereocenters. The lowest BCUT2D eigenvalue weighted by molar-refractivity contribution is 0.107. The molecular weight excluding hydrogens is 300 g/mol. The van der Waals surface area contributed by atoms with Crippen LogP contribution in [0.1, 0.15) is 35.2 Å². The van der Waals surface area contributed by atoms with Crippen LogP contribution in [0.25, 0.3) is 0 Å². The van der Waals surface area contributed by atoms with Crippen LogP contribution in [-0.4, -0.2) is 34.6 Å². The fraction of sp³-hybridized carbons (Fsp3) is 0.471. The van der Waals surface area contributed by atoms with Gasteiger partial charge >= 0.3 is 0 Å². The predicted octanol–water partition coefficient (Wildman–Crippen LogP) is 3.27. The van der Waals surface area contributed by atoms with E-state index in [0.717, 1.165) is 29.7 Å². The number of hydrogen-bond donors (Lipinski definition) is 1. The number of imidazole rings is 1. The molecule has 0 saturated carbocycles. The van der Waals surface area contributed by atoms with Gasteiger partial charge in [0.25, 0.3) is 0 Å². The van der Waals surface area contributed by atoms with E-state index >= 15 is 0 Å². The summed E-state index contributed by atoms with van der Waals surface area (Å²) in [5, 5.41) is 0. The molecule has 0 unspecified atom stereocenters. The smallest absolute Gasteiger partial charge is 0.127 e. The van der Waals surface area contributed by atoms with Crippen LogP contribution in [0.5, 0.6) is 0 Å². The van der Waals surface area contributed by atoms with Crippen molar-refractivity contribution in [2.75, 3.05) is 13.7 Å². The number of hydrogen-bond acceptors (Lipinski definition) is 3. The third-order valence-electron chi connectivity index (χ3n) is 4.54. The Kier molecular flexibility index (Phi) is 4.46. The number of nitrogens with zero attached hydrogens (tertiary/aromatic N) is 2. The molecule has 1 aliphatic heterocycles. The largest absolute Gasteiger partial charge is 0.380 e. The molecule has 1 aliphatic rings. The van der Waals surface area contributed by atoms with Crippen LogP contribution < -0.4 is 0 Å². The quantitative estimate of drug-likeness (QED) is 0.940. The summed E-state index contributed by atoms with van der Waals surface area (Å²) in [6.07, 6.45) is 0.835. The van der Waals surface area contributed by atoms with Gasteiger partial charge in [-0.05, 0) is 38.5 Å². The second kappa shape index (κ2) is 6.37. The van der Waals surface area contributed by atoms with Crippen LogP contribution in [0.3, 0.4) is 0 Å². The highest BCUT2D eigenvalue weighted by Gasteiger charge is 2.35. The molecule has 0 aliphatic carbocycles. The van der Waals surface area contributed by atoms with Gasteiger partial charge in [-0.2, -0.15) is 0 Å². The zero-order valence-corrected chi connectivity index (χ0v) is 13.6. The zero-order chi connectivity index (χ0) is 16.6. The molecule has 6 heteroatoms. The minimum absolute atomic E-state index is 0.00928. The van der Waals surface area contributed by atoms with Crippen LogP contribution in [0, 0.1) is 25.5 Å². The predicted molar refractivity (Wildman–Crippen MR) is 83.0 cm³/mol. The number of halogens is 2. The Balaban J connectivity index is 1.87. The third-order valence-corrected chi connectivity index (χ3v) is 4.54. The van der Waals surface area contributed by atoms with Crippen molar-refractivity contribution >= 4 is 0 Å². The number of ether oxygens (including phenoxy) is 1. The molecule has 0 amide bonds. The Labute approximate surface area is 134 Å². The fourth-order valence-corrected chi connectivity index (χ4v) is 3.11. The van der Waals surface area contributed by atoms with Gasteiger partial charge in [-0.3, -0.25) is 4.90 Å². The maximum Gasteiger partial charge on any atom is 0.127 e. The zero-order valence-electron chi connectivity index (χ0n) is 13.6. The molecule has 3 rings (SSSR count). The van der Waals surface area contributed by atoms with Crippen molar-refractivity contribution in [2.24, 2.45) is 0 Å². The Morgan fingerprint density at radius 2 is 2.13 bits per heavy atom. The minimum Gasteiger partial charge on any atom is -0.380 e. The lowest BCUT2D eigenvalue weighted by Gasteiger charge is -2.23. The first-order chi connectivity index (χ1) is 11.0. The molecule has 124 valence electrons. The Bertz CT molecular complexity index is 682. The molecule has 1 fully saturated rings. The van der Waals surface area contributed by atoms with Gasteiger partial charge in [0.15, 0.2) is 0 Å². The molecule has 23 heavy (non-hydrogen) atoms.